The first kappa shape index (κ1) is 49.1. The number of carbonyl (C=O) groups is 2. The van der Waals surface area contributed by atoms with Gasteiger partial charge in [0, 0.05) is 61.9 Å². The van der Waals surface area contributed by atoms with Crippen LogP contribution in [-0.4, -0.2) is 140 Å². The number of hydrogen-bond donors (Lipinski definition) is 2. The smallest absolute Gasteiger partial charge is 0.416 e. The van der Waals surface area contributed by atoms with Gasteiger partial charge in [0.2, 0.25) is 5.91 Å². The van der Waals surface area contributed by atoms with Gasteiger partial charge in [0.15, 0.2) is 17.3 Å². The number of likely N-dealkylation sites (tertiary alicyclic amines) is 1. The number of carbonyl (C=O) groups excluding carboxylic acids is 1. The fraction of sp³-hybridized carbons (Fsp3) is 0.421. The Bertz CT molecular complexity index is 2140. The largest absolute Gasteiger partial charge is 0.478 e. The van der Waals surface area contributed by atoms with Crippen molar-refractivity contribution in [3.05, 3.63) is 83.5 Å². The molecule has 2 aliphatic heterocycles. The number of aliphatic carboxylic acids is 1. The second kappa shape index (κ2) is 19.9. The van der Waals surface area contributed by atoms with Crippen molar-refractivity contribution in [1.82, 2.24) is 49.5 Å². The van der Waals surface area contributed by atoms with Crippen molar-refractivity contribution in [2.24, 2.45) is 0 Å². The van der Waals surface area contributed by atoms with Gasteiger partial charge >= 0.3 is 18.3 Å². The van der Waals surface area contributed by atoms with E-state index in [1.807, 2.05) is 19.0 Å². The van der Waals surface area contributed by atoms with Crippen LogP contribution >= 0.6 is 12.4 Å². The third kappa shape index (κ3) is 14.5. The zero-order valence-electron chi connectivity index (χ0n) is 33.4. The molecule has 0 unspecified atom stereocenters. The van der Waals surface area contributed by atoms with Crippen LogP contribution in [-0.2, 0) is 21.9 Å². The number of nitrogens with one attached hydrogen (secondary N) is 1. The third-order valence-corrected chi connectivity index (χ3v) is 8.43. The van der Waals surface area contributed by atoms with Crippen LogP contribution in [0.3, 0.4) is 0 Å². The van der Waals surface area contributed by atoms with Gasteiger partial charge in [0.05, 0.1) is 24.2 Å². The molecule has 0 saturated carbocycles. The highest BCUT2D eigenvalue weighted by Crippen LogP contribution is 2.34. The Morgan fingerprint density at radius 3 is 1.50 bits per heavy atom. The molecule has 60 heavy (non-hydrogen) atoms. The van der Waals surface area contributed by atoms with Gasteiger partial charge in [-0.2, -0.15) is 26.3 Å². The van der Waals surface area contributed by atoms with E-state index >= 15 is 0 Å². The SMILES string of the molecule is CN(C)CC1(F)CNC1.Cc1cc(-c2ncn(/C=C\C(=O)N3CC(F)(CN(C)C)C3)n2)cc(C(F)(F)F)c1.Cc1cc(-c2ncn(/C=C\C(=O)O)n2)cc(C(F)(F)F)c1.Cl. The Hall–Kier alpha value is -5.25. The van der Waals surface area contributed by atoms with Crippen molar-refractivity contribution in [2.45, 2.75) is 37.5 Å². The van der Waals surface area contributed by atoms with Crippen LogP contribution in [0.15, 0.2) is 61.2 Å². The summed E-state index contributed by atoms with van der Waals surface area (Å²) in [5, 5.41) is 19.4. The topological polar surface area (TPSA) is 138 Å². The summed E-state index contributed by atoms with van der Waals surface area (Å²) in [6, 6.07) is 7.09. The number of carboxylic acids is 1. The lowest BCUT2D eigenvalue weighted by Crippen LogP contribution is -2.64. The normalized spacial score (nSPS) is 15.8. The molecule has 2 N–H and O–H groups in total. The number of nitrogens with zero attached hydrogens (tertiary/aromatic N) is 9. The molecular weight excluding hydrogens is 832 g/mol. The maximum atomic E-state index is 14.3. The minimum atomic E-state index is -4.47. The average molecular weight is 877 g/mol. The summed E-state index contributed by atoms with van der Waals surface area (Å²) in [6.07, 6.45) is -1.87. The van der Waals surface area contributed by atoms with Gasteiger partial charge in [0.1, 0.15) is 18.3 Å². The molecule has 2 saturated heterocycles. The van der Waals surface area contributed by atoms with Crippen molar-refractivity contribution < 1.29 is 49.8 Å². The molecule has 0 atom stereocenters. The van der Waals surface area contributed by atoms with E-state index in [0.29, 0.717) is 30.8 Å². The molecule has 0 radical (unpaired) electrons. The molecule has 2 aromatic heterocycles. The zero-order valence-corrected chi connectivity index (χ0v) is 34.2. The lowest BCUT2D eigenvalue weighted by Gasteiger charge is -2.45. The van der Waals surface area contributed by atoms with Gasteiger partial charge in [-0.1, -0.05) is 0 Å². The van der Waals surface area contributed by atoms with E-state index in [-0.39, 0.29) is 60.7 Å². The van der Waals surface area contributed by atoms with E-state index in [2.05, 4.69) is 25.5 Å². The van der Waals surface area contributed by atoms with Crippen molar-refractivity contribution in [2.75, 3.05) is 67.5 Å². The molecule has 328 valence electrons. The quantitative estimate of drug-likeness (QED) is 0.145. The van der Waals surface area contributed by atoms with Crippen LogP contribution in [0.5, 0.6) is 0 Å². The number of benzene rings is 2. The Morgan fingerprint density at radius 1 is 0.733 bits per heavy atom. The van der Waals surface area contributed by atoms with Crippen molar-refractivity contribution in [3.63, 3.8) is 0 Å². The predicted octanol–water partition coefficient (Wildman–Crippen LogP) is 5.96. The number of carboxylic acid groups (broad SMARTS) is 1. The van der Waals surface area contributed by atoms with Crippen LogP contribution in [0, 0.1) is 13.8 Å². The summed E-state index contributed by atoms with van der Waals surface area (Å²) in [6.45, 7) is 4.95. The van der Waals surface area contributed by atoms with Crippen LogP contribution < -0.4 is 5.32 Å². The minimum absolute atomic E-state index is 0. The molecule has 4 heterocycles. The van der Waals surface area contributed by atoms with E-state index in [4.69, 9.17) is 5.11 Å². The number of aryl methyl sites for hydroxylation is 2. The van der Waals surface area contributed by atoms with Crippen molar-refractivity contribution in [1.29, 1.82) is 0 Å². The van der Waals surface area contributed by atoms with Gasteiger partial charge < -0.3 is 25.1 Å². The third-order valence-electron chi connectivity index (χ3n) is 8.43. The molecule has 0 bridgehead atoms. The first-order valence-corrected chi connectivity index (χ1v) is 17.8. The summed E-state index contributed by atoms with van der Waals surface area (Å²) in [7, 11) is 7.30. The summed E-state index contributed by atoms with van der Waals surface area (Å²) in [4.78, 5) is 35.3. The van der Waals surface area contributed by atoms with E-state index in [9.17, 15) is 44.7 Å². The molecule has 13 nitrogen and oxygen atoms in total. The van der Waals surface area contributed by atoms with Gasteiger partial charge in [-0.3, -0.25) is 4.79 Å². The molecule has 0 spiro atoms. The van der Waals surface area contributed by atoms with Gasteiger partial charge in [-0.05, 0) is 89.6 Å². The first-order valence-electron chi connectivity index (χ1n) is 17.8. The molecule has 22 heteroatoms. The number of amides is 1. The highest BCUT2D eigenvalue weighted by Gasteiger charge is 2.45. The highest BCUT2D eigenvalue weighted by molar-refractivity contribution is 5.91. The fourth-order valence-electron chi connectivity index (χ4n) is 6.03. The molecule has 2 fully saturated rings. The molecule has 6 rings (SSSR count). The summed E-state index contributed by atoms with van der Waals surface area (Å²) >= 11 is 0. The first-order chi connectivity index (χ1) is 27.3. The van der Waals surface area contributed by atoms with E-state index in [1.165, 1.54) is 40.6 Å². The number of alkyl halides is 8. The highest BCUT2D eigenvalue weighted by atomic mass is 35.5. The Kier molecular flexibility index (Phi) is 16.3. The summed E-state index contributed by atoms with van der Waals surface area (Å²) < 4.78 is 107. The van der Waals surface area contributed by atoms with Crippen LogP contribution in [0.25, 0.3) is 35.2 Å². The second-order valence-electron chi connectivity index (χ2n) is 14.8. The fourth-order valence-corrected chi connectivity index (χ4v) is 6.03. The summed E-state index contributed by atoms with van der Waals surface area (Å²) in [5.41, 5.74) is -2.61. The second-order valence-corrected chi connectivity index (χ2v) is 14.8. The average Bonchev–Trinajstić information content (AvgIpc) is 3.77. The van der Waals surface area contributed by atoms with E-state index in [1.54, 1.807) is 38.9 Å². The lowest BCUT2D eigenvalue weighted by atomic mass is 9.95. The van der Waals surface area contributed by atoms with Crippen LogP contribution in [0.2, 0.25) is 0 Å². The number of hydrogen-bond acceptors (Lipinski definition) is 9. The Balaban J connectivity index is 0.000000270. The van der Waals surface area contributed by atoms with Crippen molar-refractivity contribution >= 4 is 36.7 Å². The number of aromatic nitrogens is 6. The molecule has 4 aromatic rings. The van der Waals surface area contributed by atoms with Gasteiger partial charge in [-0.25, -0.2) is 32.9 Å². The lowest BCUT2D eigenvalue weighted by molar-refractivity contribution is -0.141. The molecule has 2 aromatic carbocycles. The monoisotopic (exact) mass is 876 g/mol. The van der Waals surface area contributed by atoms with Crippen LogP contribution in [0.4, 0.5) is 35.1 Å². The predicted molar refractivity (Wildman–Crippen MR) is 210 cm³/mol. The van der Waals surface area contributed by atoms with E-state index < -0.39 is 40.8 Å². The van der Waals surface area contributed by atoms with Crippen LogP contribution in [0.1, 0.15) is 22.3 Å². The number of halogens is 9. The van der Waals surface area contributed by atoms with Gasteiger partial charge in [-0.15, -0.1) is 22.6 Å². The molecular formula is C38H45ClF8N10O3. The minimum Gasteiger partial charge on any atom is -0.478 e. The van der Waals surface area contributed by atoms with Crippen molar-refractivity contribution in [3.8, 4) is 22.8 Å². The molecule has 0 aliphatic carbocycles. The summed E-state index contributed by atoms with van der Waals surface area (Å²) in [5.74, 6) is -1.35. The molecule has 2 aliphatic rings. The Labute approximate surface area is 346 Å². The maximum absolute atomic E-state index is 14.3. The van der Waals surface area contributed by atoms with Gasteiger partial charge in [0.25, 0.3) is 0 Å². The Morgan fingerprint density at radius 2 is 1.15 bits per heavy atom. The standard InChI is InChI=1S/C19H21F4N5O.C13H10F3N3O2.C6H13FN2.ClH/c1-13-6-14(8-15(7-13)19(21,22)23)17-24-12-28(25-17)5-4-16(29)27-10-18(20,11-27)9-26(2)3;1-8-4-9(6-10(5-8)13(14,15)16)12-17-7-19(18-12)3-2-11(20)21;1-9(2)5-6(7)3-8-4-6;/h4-8,12H,9-11H2,1-3H3;2-7H,1H3,(H,20,21);8H,3-5H2,1-2H3;1H/b5-4-;3-2-;;. The maximum Gasteiger partial charge on any atom is 0.416 e. The molecule has 1 amide bonds. The zero-order chi connectivity index (χ0) is 43.9. The van der Waals surface area contributed by atoms with E-state index in [0.717, 1.165) is 41.2 Å². The number of rotatable bonds is 10.